The number of carbonyl (C=O) groups excluding carboxylic acids is 2. The normalized spacial score (nSPS) is 18.4. The molecule has 1 aromatic heterocycles. The number of aryl methyl sites for hydroxylation is 1. The first-order chi connectivity index (χ1) is 18.4. The molecular formula is C30H40BrN3O4Si. The molecule has 39 heavy (non-hydrogen) atoms. The fraction of sp³-hybridized carbons (Fsp3) is 0.500. The number of fused-ring (bicyclic) bond motifs is 1. The highest BCUT2D eigenvalue weighted by molar-refractivity contribution is 9.10. The molecular weight excluding hydrogens is 574 g/mol. The predicted molar refractivity (Wildman–Crippen MR) is 160 cm³/mol. The summed E-state index contributed by atoms with van der Waals surface area (Å²) in [5.41, 5.74) is 3.76. The van der Waals surface area contributed by atoms with Crippen molar-refractivity contribution >= 4 is 47.2 Å². The summed E-state index contributed by atoms with van der Waals surface area (Å²) in [7, 11) is -2.14. The second kappa shape index (κ2) is 11.9. The van der Waals surface area contributed by atoms with Gasteiger partial charge < -0.3 is 18.6 Å². The van der Waals surface area contributed by atoms with E-state index in [2.05, 4.69) is 54.8 Å². The third-order valence-corrected chi connectivity index (χ3v) is 13.5. The van der Waals surface area contributed by atoms with Gasteiger partial charge in [0.2, 0.25) is 0 Å². The second-order valence-corrected chi connectivity index (χ2v) is 17.6. The summed E-state index contributed by atoms with van der Waals surface area (Å²) in [6, 6.07) is 13.2. The van der Waals surface area contributed by atoms with Gasteiger partial charge in [-0.05, 0) is 61.2 Å². The second-order valence-electron chi connectivity index (χ2n) is 12.0. The van der Waals surface area contributed by atoms with E-state index >= 15 is 0 Å². The van der Waals surface area contributed by atoms with E-state index in [0.29, 0.717) is 6.54 Å². The number of ether oxygens (including phenoxy) is 1. The first kappa shape index (κ1) is 29.5. The van der Waals surface area contributed by atoms with Gasteiger partial charge in [0, 0.05) is 17.4 Å². The zero-order valence-electron chi connectivity index (χ0n) is 23.9. The Balaban J connectivity index is 1.55. The highest BCUT2D eigenvalue weighted by atomic mass is 79.9. The van der Waals surface area contributed by atoms with Crippen LogP contribution < -0.4 is 0 Å². The lowest BCUT2D eigenvalue weighted by atomic mass is 9.95. The molecule has 7 nitrogen and oxygen atoms in total. The molecule has 0 spiro atoms. The number of halogens is 1. The molecule has 3 aromatic rings. The highest BCUT2D eigenvalue weighted by Gasteiger charge is 2.44. The number of nitrogens with zero attached hydrogens (tertiary/aromatic N) is 3. The van der Waals surface area contributed by atoms with E-state index in [1.165, 1.54) is 0 Å². The highest BCUT2D eigenvalue weighted by Crippen LogP contribution is 2.39. The smallest absolute Gasteiger partial charge is 0.410 e. The Morgan fingerprint density at radius 2 is 1.85 bits per heavy atom. The number of carbonyl (C=O) groups is 2. The van der Waals surface area contributed by atoms with Crippen LogP contribution in [0.25, 0.3) is 11.0 Å². The van der Waals surface area contributed by atoms with Crippen molar-refractivity contribution in [1.29, 1.82) is 0 Å². The summed E-state index contributed by atoms with van der Waals surface area (Å²) in [5, 5.41) is 0.0134. The van der Waals surface area contributed by atoms with Crippen LogP contribution in [0, 0.1) is 6.92 Å². The minimum atomic E-state index is -2.14. The Morgan fingerprint density at radius 3 is 2.54 bits per heavy atom. The van der Waals surface area contributed by atoms with Crippen molar-refractivity contribution in [2.75, 3.05) is 6.54 Å². The van der Waals surface area contributed by atoms with Crippen LogP contribution in [-0.4, -0.2) is 53.3 Å². The maximum absolute atomic E-state index is 13.5. The van der Waals surface area contributed by atoms with Gasteiger partial charge in [-0.25, -0.2) is 9.78 Å². The zero-order chi connectivity index (χ0) is 28.4. The molecule has 0 unspecified atom stereocenters. The summed E-state index contributed by atoms with van der Waals surface area (Å²) >= 11 is 3.56. The lowest BCUT2D eigenvalue weighted by molar-refractivity contribution is -0.122. The van der Waals surface area contributed by atoms with Crippen molar-refractivity contribution in [3.8, 4) is 0 Å². The fourth-order valence-electron chi connectivity index (χ4n) is 4.84. The van der Waals surface area contributed by atoms with Crippen LogP contribution in [0.15, 0.2) is 53.3 Å². The molecule has 1 aliphatic heterocycles. The van der Waals surface area contributed by atoms with Crippen molar-refractivity contribution in [3.05, 3.63) is 64.4 Å². The Hall–Kier alpha value is -2.49. The monoisotopic (exact) mass is 613 g/mol. The molecule has 210 valence electrons. The number of Topliss-reactive ketones (excluding diaryl/α,β-unsaturated/α-hetero) is 1. The van der Waals surface area contributed by atoms with Gasteiger partial charge in [0.15, 0.2) is 14.1 Å². The molecule has 1 amide bonds. The average Bonchev–Trinajstić information content (AvgIpc) is 3.28. The number of amides is 1. The Morgan fingerprint density at radius 1 is 1.13 bits per heavy atom. The number of piperidine rings is 1. The van der Waals surface area contributed by atoms with Crippen molar-refractivity contribution in [2.45, 2.75) is 90.4 Å². The standard InChI is InChI=1S/C30H40BrN3O4Si/c1-21-24(31)14-15-25-28(21)32-20-33(25)18-23(35)17-26-27(38-39(5,6)30(2,3)4)13-10-16-34(26)29(36)37-19-22-11-8-7-9-12-22/h7-9,11-12,14-15,20,26-27H,10,13,16-19H2,1-6H3/t26-,27+/m1/s1. The van der Waals surface area contributed by atoms with Crippen LogP contribution in [0.4, 0.5) is 4.79 Å². The minimum absolute atomic E-state index is 0.0134. The summed E-state index contributed by atoms with van der Waals surface area (Å²) in [6.45, 7) is 14.0. The Bertz CT molecular complexity index is 1320. The van der Waals surface area contributed by atoms with E-state index in [-0.39, 0.29) is 42.5 Å². The number of imidazole rings is 1. The molecule has 0 saturated carbocycles. The molecule has 0 bridgehead atoms. The number of aromatic nitrogens is 2. The third kappa shape index (κ3) is 6.81. The van der Waals surface area contributed by atoms with E-state index in [1.807, 2.05) is 54.0 Å². The van der Waals surface area contributed by atoms with Crippen LogP contribution in [0.1, 0.15) is 51.2 Å². The molecule has 4 rings (SSSR count). The SMILES string of the molecule is Cc1c(Br)ccc2c1ncn2CC(=O)C[C@@H]1[C@@H](O[Si](C)(C)C(C)(C)C)CCCN1C(=O)OCc1ccccc1. The lowest BCUT2D eigenvalue weighted by Crippen LogP contribution is -2.56. The topological polar surface area (TPSA) is 73.7 Å². The molecule has 0 aliphatic carbocycles. The van der Waals surface area contributed by atoms with Crippen molar-refractivity contribution < 1.29 is 18.8 Å². The largest absolute Gasteiger partial charge is 0.445 e. The van der Waals surface area contributed by atoms with Crippen LogP contribution in [-0.2, 0) is 27.1 Å². The molecule has 1 saturated heterocycles. The maximum atomic E-state index is 13.5. The number of hydrogen-bond acceptors (Lipinski definition) is 5. The molecule has 2 aromatic carbocycles. The van der Waals surface area contributed by atoms with E-state index in [9.17, 15) is 9.59 Å². The number of rotatable bonds is 8. The zero-order valence-corrected chi connectivity index (χ0v) is 26.5. The Labute approximate surface area is 241 Å². The van der Waals surface area contributed by atoms with Gasteiger partial charge in [0.05, 0.1) is 36.1 Å². The molecule has 0 N–H and O–H groups in total. The molecule has 1 fully saturated rings. The van der Waals surface area contributed by atoms with E-state index in [0.717, 1.165) is 39.5 Å². The van der Waals surface area contributed by atoms with E-state index in [1.54, 1.807) is 11.2 Å². The van der Waals surface area contributed by atoms with Crippen molar-refractivity contribution in [3.63, 3.8) is 0 Å². The first-order valence-electron chi connectivity index (χ1n) is 13.6. The van der Waals surface area contributed by atoms with E-state index < -0.39 is 14.4 Å². The number of hydrogen-bond donors (Lipinski definition) is 0. The van der Waals surface area contributed by atoms with Crippen LogP contribution in [0.2, 0.25) is 18.1 Å². The number of benzene rings is 2. The van der Waals surface area contributed by atoms with Gasteiger partial charge in [-0.15, -0.1) is 0 Å². The minimum Gasteiger partial charge on any atom is -0.445 e. The van der Waals surface area contributed by atoms with Gasteiger partial charge in [-0.3, -0.25) is 4.79 Å². The predicted octanol–water partition coefficient (Wildman–Crippen LogP) is 7.26. The van der Waals surface area contributed by atoms with Gasteiger partial charge in [-0.1, -0.05) is 67.0 Å². The van der Waals surface area contributed by atoms with Crippen LogP contribution in [0.5, 0.6) is 0 Å². The summed E-state index contributed by atoms with van der Waals surface area (Å²) in [4.78, 5) is 33.2. The van der Waals surface area contributed by atoms with Gasteiger partial charge in [0.1, 0.15) is 6.61 Å². The molecule has 9 heteroatoms. The molecule has 0 radical (unpaired) electrons. The maximum Gasteiger partial charge on any atom is 0.410 e. The van der Waals surface area contributed by atoms with E-state index in [4.69, 9.17) is 9.16 Å². The van der Waals surface area contributed by atoms with Crippen LogP contribution >= 0.6 is 15.9 Å². The van der Waals surface area contributed by atoms with Gasteiger partial charge in [-0.2, -0.15) is 0 Å². The van der Waals surface area contributed by atoms with Crippen molar-refractivity contribution in [2.24, 2.45) is 0 Å². The quantitative estimate of drug-likeness (QED) is 0.250. The number of ketones is 1. The summed E-state index contributed by atoms with van der Waals surface area (Å²) < 4.78 is 15.5. The van der Waals surface area contributed by atoms with Crippen molar-refractivity contribution in [1.82, 2.24) is 14.5 Å². The Kier molecular flexibility index (Phi) is 9.03. The average molecular weight is 615 g/mol. The number of likely N-dealkylation sites (tertiary alicyclic amines) is 1. The molecule has 2 atom stereocenters. The van der Waals surface area contributed by atoms with Gasteiger partial charge in [0.25, 0.3) is 0 Å². The lowest BCUT2D eigenvalue weighted by Gasteiger charge is -2.46. The van der Waals surface area contributed by atoms with Crippen LogP contribution in [0.3, 0.4) is 0 Å². The molecule has 1 aliphatic rings. The molecule has 2 heterocycles. The fourth-order valence-corrected chi connectivity index (χ4v) is 6.55. The van der Waals surface area contributed by atoms with Gasteiger partial charge >= 0.3 is 6.09 Å². The summed E-state index contributed by atoms with van der Waals surface area (Å²) in [6.07, 6.45) is 2.94. The third-order valence-electron chi connectivity index (χ3n) is 8.17. The summed E-state index contributed by atoms with van der Waals surface area (Å²) in [5.74, 6) is 0.0338. The first-order valence-corrected chi connectivity index (χ1v) is 17.3.